The summed E-state index contributed by atoms with van der Waals surface area (Å²) in [7, 11) is 0. The Hall–Kier alpha value is -0.910. The molecule has 4 nitrogen and oxygen atoms in total. The van der Waals surface area contributed by atoms with Gasteiger partial charge in [0.1, 0.15) is 0 Å². The summed E-state index contributed by atoms with van der Waals surface area (Å²) in [6, 6.07) is 2.78. The van der Waals surface area contributed by atoms with Crippen molar-refractivity contribution in [2.24, 2.45) is 0 Å². The van der Waals surface area contributed by atoms with Crippen molar-refractivity contribution in [3.63, 3.8) is 0 Å². The van der Waals surface area contributed by atoms with Crippen LogP contribution >= 0.6 is 11.3 Å². The quantitative estimate of drug-likeness (QED) is 0.893. The van der Waals surface area contributed by atoms with Crippen molar-refractivity contribution >= 4 is 17.2 Å². The van der Waals surface area contributed by atoms with Crippen LogP contribution in [0.25, 0.3) is 0 Å². The molecule has 1 atom stereocenters. The van der Waals surface area contributed by atoms with E-state index >= 15 is 0 Å². The Balaban J connectivity index is 1.41. The van der Waals surface area contributed by atoms with E-state index < -0.39 is 0 Å². The zero-order valence-electron chi connectivity index (χ0n) is 14.6. The number of carbonyl (C=O) groups is 1. The zero-order chi connectivity index (χ0) is 16.4. The molecular formula is C19H29N3OS. The predicted octanol–water partition coefficient (Wildman–Crippen LogP) is 2.53. The minimum Gasteiger partial charge on any atom is -0.336 e. The third-order valence-electron chi connectivity index (χ3n) is 5.83. The first kappa shape index (κ1) is 16.6. The number of fused-ring (bicyclic) bond motifs is 1. The maximum atomic E-state index is 13.0. The molecule has 1 aromatic rings. The molecule has 0 spiro atoms. The number of hydrogen-bond donors (Lipinski definition) is 1. The maximum Gasteiger partial charge on any atom is 0.263 e. The SMILES string of the molecule is O=C(c1cc2c(s1)CCCCCC2)N1CCC(N2CCNCC2)C1. The molecule has 24 heavy (non-hydrogen) atoms. The monoisotopic (exact) mass is 347 g/mol. The average Bonchev–Trinajstić information content (AvgIpc) is 3.23. The van der Waals surface area contributed by atoms with Crippen molar-refractivity contribution in [2.45, 2.75) is 51.0 Å². The Kier molecular flexibility index (Phi) is 5.20. The van der Waals surface area contributed by atoms with Gasteiger partial charge in [-0.25, -0.2) is 0 Å². The fourth-order valence-corrected chi connectivity index (χ4v) is 5.60. The van der Waals surface area contributed by atoms with Crippen molar-refractivity contribution < 1.29 is 4.79 Å². The molecule has 1 aliphatic carbocycles. The molecule has 1 unspecified atom stereocenters. The topological polar surface area (TPSA) is 35.6 Å². The van der Waals surface area contributed by atoms with E-state index in [1.54, 1.807) is 11.3 Å². The van der Waals surface area contributed by atoms with Gasteiger partial charge in [0.15, 0.2) is 0 Å². The van der Waals surface area contributed by atoms with E-state index in [9.17, 15) is 4.79 Å². The summed E-state index contributed by atoms with van der Waals surface area (Å²) in [4.78, 5) is 20.1. The van der Waals surface area contributed by atoms with Gasteiger partial charge < -0.3 is 10.2 Å². The van der Waals surface area contributed by atoms with Gasteiger partial charge in [-0.05, 0) is 43.7 Å². The van der Waals surface area contributed by atoms with Crippen LogP contribution in [0, 0.1) is 0 Å². The summed E-state index contributed by atoms with van der Waals surface area (Å²) in [5, 5.41) is 3.42. The van der Waals surface area contributed by atoms with Crippen LogP contribution in [0.2, 0.25) is 0 Å². The first-order valence-corrected chi connectivity index (χ1v) is 10.5. The fourth-order valence-electron chi connectivity index (χ4n) is 4.38. The maximum absolute atomic E-state index is 13.0. The standard InChI is InChI=1S/C19H29N3OS/c23-19(18-13-15-5-3-1-2-4-6-17(15)24-18)22-10-7-16(14-22)21-11-8-20-9-12-21/h13,16,20H,1-12,14H2. The zero-order valence-corrected chi connectivity index (χ0v) is 15.4. The number of thiophene rings is 1. The predicted molar refractivity (Wildman–Crippen MR) is 98.9 cm³/mol. The number of aryl methyl sites for hydroxylation is 2. The van der Waals surface area contributed by atoms with E-state index in [0.29, 0.717) is 6.04 Å². The first-order valence-electron chi connectivity index (χ1n) is 9.67. The number of amides is 1. The van der Waals surface area contributed by atoms with Crippen molar-refractivity contribution in [3.8, 4) is 0 Å². The molecular weight excluding hydrogens is 318 g/mol. The van der Waals surface area contributed by atoms with E-state index in [2.05, 4.69) is 21.2 Å². The fraction of sp³-hybridized carbons (Fsp3) is 0.737. The molecule has 132 valence electrons. The van der Waals surface area contributed by atoms with Gasteiger partial charge in [-0.1, -0.05) is 12.8 Å². The third kappa shape index (κ3) is 3.53. The lowest BCUT2D eigenvalue weighted by molar-refractivity contribution is 0.0778. The van der Waals surface area contributed by atoms with Gasteiger partial charge in [-0.15, -0.1) is 11.3 Å². The van der Waals surface area contributed by atoms with Crippen LogP contribution in [0.1, 0.15) is 52.2 Å². The van der Waals surface area contributed by atoms with Crippen molar-refractivity contribution in [2.75, 3.05) is 39.3 Å². The Bertz CT molecular complexity index is 554. The Labute approximate surface area is 149 Å². The molecule has 0 saturated carbocycles. The number of nitrogens with one attached hydrogen (secondary N) is 1. The van der Waals surface area contributed by atoms with Crippen LogP contribution < -0.4 is 5.32 Å². The normalized spacial score (nSPS) is 26.0. The third-order valence-corrected chi connectivity index (χ3v) is 7.05. The van der Waals surface area contributed by atoms with Crippen molar-refractivity contribution in [3.05, 3.63) is 21.4 Å². The van der Waals surface area contributed by atoms with Crippen molar-refractivity contribution in [1.82, 2.24) is 15.1 Å². The van der Waals surface area contributed by atoms with Gasteiger partial charge in [0.05, 0.1) is 4.88 Å². The molecule has 0 aromatic carbocycles. The van der Waals surface area contributed by atoms with Crippen LogP contribution in [0.5, 0.6) is 0 Å². The number of hydrogen-bond acceptors (Lipinski definition) is 4. The highest BCUT2D eigenvalue weighted by atomic mass is 32.1. The Morgan fingerprint density at radius 3 is 2.71 bits per heavy atom. The number of carbonyl (C=O) groups excluding carboxylic acids is 1. The Morgan fingerprint density at radius 2 is 1.88 bits per heavy atom. The summed E-state index contributed by atoms with van der Waals surface area (Å²) >= 11 is 1.77. The van der Waals surface area contributed by atoms with Gasteiger partial charge >= 0.3 is 0 Å². The molecule has 3 heterocycles. The lowest BCUT2D eigenvalue weighted by Gasteiger charge is -2.32. The molecule has 1 aromatic heterocycles. The summed E-state index contributed by atoms with van der Waals surface area (Å²) in [5.74, 6) is 0.282. The molecule has 5 heteroatoms. The molecule has 2 saturated heterocycles. The van der Waals surface area contributed by atoms with E-state index in [-0.39, 0.29) is 5.91 Å². The highest BCUT2D eigenvalue weighted by molar-refractivity contribution is 7.14. The van der Waals surface area contributed by atoms with Gasteiger partial charge in [0, 0.05) is 50.2 Å². The van der Waals surface area contributed by atoms with Crippen LogP contribution in [-0.2, 0) is 12.8 Å². The number of rotatable bonds is 2. The average molecular weight is 348 g/mol. The Morgan fingerprint density at radius 1 is 1.08 bits per heavy atom. The second kappa shape index (κ2) is 7.54. The van der Waals surface area contributed by atoms with Crippen molar-refractivity contribution in [1.29, 1.82) is 0 Å². The number of piperazine rings is 1. The smallest absolute Gasteiger partial charge is 0.263 e. The van der Waals surface area contributed by atoms with E-state index in [1.165, 1.54) is 49.0 Å². The molecule has 1 amide bonds. The minimum absolute atomic E-state index is 0.282. The van der Waals surface area contributed by atoms with Crippen LogP contribution in [0.15, 0.2) is 6.07 Å². The molecule has 0 bridgehead atoms. The van der Waals surface area contributed by atoms with Crippen LogP contribution in [0.4, 0.5) is 0 Å². The van der Waals surface area contributed by atoms with E-state index in [1.807, 2.05) is 0 Å². The van der Waals surface area contributed by atoms with Gasteiger partial charge in [-0.3, -0.25) is 9.69 Å². The summed E-state index contributed by atoms with van der Waals surface area (Å²) < 4.78 is 0. The second-order valence-electron chi connectivity index (χ2n) is 7.45. The summed E-state index contributed by atoms with van der Waals surface area (Å²) in [6.45, 7) is 6.27. The van der Waals surface area contributed by atoms with E-state index in [0.717, 1.165) is 50.6 Å². The first-order chi connectivity index (χ1) is 11.8. The number of likely N-dealkylation sites (tertiary alicyclic amines) is 1. The highest BCUT2D eigenvalue weighted by Gasteiger charge is 2.32. The molecule has 2 aliphatic heterocycles. The molecule has 2 fully saturated rings. The lowest BCUT2D eigenvalue weighted by Crippen LogP contribution is -2.49. The molecule has 4 rings (SSSR count). The molecule has 3 aliphatic rings. The largest absolute Gasteiger partial charge is 0.336 e. The van der Waals surface area contributed by atoms with Gasteiger partial charge in [-0.2, -0.15) is 0 Å². The van der Waals surface area contributed by atoms with Crippen LogP contribution in [0.3, 0.4) is 0 Å². The van der Waals surface area contributed by atoms with Crippen LogP contribution in [-0.4, -0.2) is 61.0 Å². The van der Waals surface area contributed by atoms with Gasteiger partial charge in [0.2, 0.25) is 0 Å². The lowest BCUT2D eigenvalue weighted by atomic mass is 10.00. The second-order valence-corrected chi connectivity index (χ2v) is 8.59. The number of nitrogens with zero attached hydrogens (tertiary/aromatic N) is 2. The van der Waals surface area contributed by atoms with Gasteiger partial charge in [0.25, 0.3) is 5.91 Å². The highest BCUT2D eigenvalue weighted by Crippen LogP contribution is 2.30. The molecule has 1 N–H and O–H groups in total. The van der Waals surface area contributed by atoms with E-state index in [4.69, 9.17) is 0 Å². The summed E-state index contributed by atoms with van der Waals surface area (Å²) in [6.07, 6.45) is 8.74. The summed E-state index contributed by atoms with van der Waals surface area (Å²) in [5.41, 5.74) is 1.46. The molecule has 0 radical (unpaired) electrons. The minimum atomic E-state index is 0.282.